The number of fused-ring (bicyclic) bond motifs is 1. The Morgan fingerprint density at radius 1 is 1.16 bits per heavy atom. The average Bonchev–Trinajstić information content (AvgIpc) is 3.20. The van der Waals surface area contributed by atoms with Crippen molar-refractivity contribution < 1.29 is 37.4 Å². The third-order valence-corrected chi connectivity index (χ3v) is 7.51. The molecule has 2 N–H and O–H groups in total. The van der Waals surface area contributed by atoms with Crippen molar-refractivity contribution in [3.8, 4) is 5.75 Å². The molecule has 2 fully saturated rings. The number of hydrogen-bond acceptors (Lipinski definition) is 7. The molecule has 3 aliphatic heterocycles. The molecule has 4 heterocycles. The summed E-state index contributed by atoms with van der Waals surface area (Å²) in [5, 5.41) is 13.6. The normalized spacial score (nSPS) is 21.9. The Kier molecular flexibility index (Phi) is 6.64. The summed E-state index contributed by atoms with van der Waals surface area (Å²) in [6.45, 7) is 1.49. The maximum absolute atomic E-state index is 13.1. The molecular formula is C26H27F3N4O5. The molecule has 0 aliphatic carbocycles. The van der Waals surface area contributed by atoms with Gasteiger partial charge in [0.05, 0.1) is 36.2 Å². The van der Waals surface area contributed by atoms with Crippen LogP contribution in [0.2, 0.25) is 0 Å². The Balaban J connectivity index is 1.25. The molecule has 1 aromatic heterocycles. The Morgan fingerprint density at radius 2 is 1.89 bits per heavy atom. The largest absolute Gasteiger partial charge is 0.496 e. The zero-order valence-corrected chi connectivity index (χ0v) is 20.7. The van der Waals surface area contributed by atoms with E-state index in [1.165, 1.54) is 24.1 Å². The van der Waals surface area contributed by atoms with Crippen molar-refractivity contribution in [3.05, 3.63) is 58.4 Å². The second-order valence-corrected chi connectivity index (χ2v) is 9.93. The lowest BCUT2D eigenvalue weighted by molar-refractivity contribution is -0.139. The summed E-state index contributed by atoms with van der Waals surface area (Å²) < 4.78 is 44.4. The van der Waals surface area contributed by atoms with Gasteiger partial charge in [0.25, 0.3) is 5.91 Å². The van der Waals surface area contributed by atoms with E-state index in [1.807, 2.05) is 4.90 Å². The number of nitrogens with zero attached hydrogens (tertiary/aromatic N) is 3. The Bertz CT molecular complexity index is 1290. The second kappa shape index (κ2) is 9.66. The highest BCUT2D eigenvalue weighted by molar-refractivity contribution is 6.05. The first-order valence-corrected chi connectivity index (χ1v) is 12.3. The van der Waals surface area contributed by atoms with E-state index < -0.39 is 29.3 Å². The molecule has 202 valence electrons. The molecule has 0 radical (unpaired) electrons. The molecule has 0 saturated carbocycles. The zero-order valence-electron chi connectivity index (χ0n) is 20.7. The highest BCUT2D eigenvalue weighted by Gasteiger charge is 2.42. The number of benzene rings is 1. The quantitative estimate of drug-likeness (QED) is 0.569. The summed E-state index contributed by atoms with van der Waals surface area (Å²) in [5.74, 6) is -1.42. The fourth-order valence-electron chi connectivity index (χ4n) is 5.36. The van der Waals surface area contributed by atoms with Crippen molar-refractivity contribution >= 4 is 17.7 Å². The predicted octanol–water partition coefficient (Wildman–Crippen LogP) is 2.35. The van der Waals surface area contributed by atoms with Gasteiger partial charge in [0.15, 0.2) is 0 Å². The van der Waals surface area contributed by atoms with Crippen LogP contribution in [-0.4, -0.2) is 63.9 Å². The number of ether oxygens (including phenoxy) is 1. The number of halogens is 3. The first-order valence-electron chi connectivity index (χ1n) is 12.3. The molecule has 3 aliphatic rings. The summed E-state index contributed by atoms with van der Waals surface area (Å²) in [5.41, 5.74) is -0.100. The summed E-state index contributed by atoms with van der Waals surface area (Å²) in [6.07, 6.45) is -3.40. The molecule has 2 saturated heterocycles. The van der Waals surface area contributed by atoms with Crippen LogP contribution in [-0.2, 0) is 34.5 Å². The number of alkyl halides is 3. The average molecular weight is 533 g/mol. The van der Waals surface area contributed by atoms with Crippen molar-refractivity contribution in [2.45, 2.75) is 56.6 Å². The number of carbonyl (C=O) groups is 3. The third-order valence-electron chi connectivity index (χ3n) is 7.51. The van der Waals surface area contributed by atoms with Crippen LogP contribution in [0, 0.1) is 0 Å². The molecule has 2 aromatic rings. The topological polar surface area (TPSA) is 112 Å². The third kappa shape index (κ3) is 4.85. The summed E-state index contributed by atoms with van der Waals surface area (Å²) in [6, 6.07) is 6.33. The lowest BCUT2D eigenvalue weighted by Crippen LogP contribution is -2.52. The number of hydrogen-bond donors (Lipinski definition) is 2. The molecule has 5 rings (SSSR count). The first kappa shape index (κ1) is 26.1. The van der Waals surface area contributed by atoms with E-state index in [2.05, 4.69) is 10.3 Å². The minimum atomic E-state index is -4.50. The molecule has 0 spiro atoms. The number of likely N-dealkylation sites (tertiary alicyclic amines) is 1. The minimum absolute atomic E-state index is 0.117. The fourth-order valence-corrected chi connectivity index (χ4v) is 5.36. The van der Waals surface area contributed by atoms with E-state index >= 15 is 0 Å². The van der Waals surface area contributed by atoms with Crippen LogP contribution in [0.3, 0.4) is 0 Å². The Morgan fingerprint density at radius 3 is 2.55 bits per heavy atom. The fraction of sp³-hybridized carbons (Fsp3) is 0.462. The molecule has 0 bridgehead atoms. The van der Waals surface area contributed by atoms with Crippen LogP contribution in [0.25, 0.3) is 0 Å². The highest BCUT2D eigenvalue weighted by atomic mass is 19.4. The smallest absolute Gasteiger partial charge is 0.419 e. The number of aliphatic hydroxyl groups is 1. The van der Waals surface area contributed by atoms with Gasteiger partial charge in [-0.3, -0.25) is 29.6 Å². The summed E-state index contributed by atoms with van der Waals surface area (Å²) in [4.78, 5) is 44.7. The number of carbonyl (C=O) groups excluding carboxylic acids is 3. The van der Waals surface area contributed by atoms with Gasteiger partial charge in [0, 0.05) is 26.1 Å². The first-order chi connectivity index (χ1) is 18.0. The standard InChI is InChI=1S/C26H27F3N4O5/c1-38-20-12-15(2-4-17(20)26(27,28)29)13-32-10-8-25(37,9-11-32)21-6-3-16-18(30-21)14-33(24(16)36)19-5-7-22(34)31-23(19)35/h2-4,6,12,19,37H,5,7-11,13-14H2,1H3,(H,31,34,35). The van der Waals surface area contributed by atoms with Gasteiger partial charge in [-0.05, 0) is 49.1 Å². The number of amides is 3. The minimum Gasteiger partial charge on any atom is -0.496 e. The molecule has 12 heteroatoms. The van der Waals surface area contributed by atoms with E-state index in [0.29, 0.717) is 55.0 Å². The van der Waals surface area contributed by atoms with Gasteiger partial charge < -0.3 is 14.7 Å². The highest BCUT2D eigenvalue weighted by Crippen LogP contribution is 2.38. The van der Waals surface area contributed by atoms with E-state index in [9.17, 15) is 32.7 Å². The van der Waals surface area contributed by atoms with Crippen LogP contribution < -0.4 is 10.1 Å². The van der Waals surface area contributed by atoms with Crippen molar-refractivity contribution in [2.75, 3.05) is 20.2 Å². The van der Waals surface area contributed by atoms with Gasteiger partial charge in [-0.2, -0.15) is 13.2 Å². The maximum atomic E-state index is 13.1. The lowest BCUT2D eigenvalue weighted by Gasteiger charge is -2.38. The molecule has 9 nitrogen and oxygen atoms in total. The van der Waals surface area contributed by atoms with E-state index in [4.69, 9.17) is 4.74 Å². The van der Waals surface area contributed by atoms with E-state index in [-0.39, 0.29) is 37.0 Å². The van der Waals surface area contributed by atoms with Crippen LogP contribution >= 0.6 is 0 Å². The number of pyridine rings is 1. The molecule has 1 atom stereocenters. The van der Waals surface area contributed by atoms with Crippen LogP contribution in [0.1, 0.15) is 58.6 Å². The number of imide groups is 1. The molecule has 1 aromatic carbocycles. The molecule has 3 amide bonds. The second-order valence-electron chi connectivity index (χ2n) is 9.93. The Labute approximate surface area is 216 Å². The maximum Gasteiger partial charge on any atom is 0.419 e. The number of nitrogens with one attached hydrogen (secondary N) is 1. The monoisotopic (exact) mass is 532 g/mol. The van der Waals surface area contributed by atoms with Crippen molar-refractivity contribution in [1.29, 1.82) is 0 Å². The van der Waals surface area contributed by atoms with Gasteiger partial charge in [0.1, 0.15) is 17.4 Å². The summed E-state index contributed by atoms with van der Waals surface area (Å²) >= 11 is 0. The van der Waals surface area contributed by atoms with Crippen LogP contribution in [0.4, 0.5) is 13.2 Å². The Hall–Kier alpha value is -3.51. The van der Waals surface area contributed by atoms with E-state index in [0.717, 1.165) is 6.07 Å². The SMILES string of the molecule is COc1cc(CN2CCC(O)(c3ccc4c(n3)CN(C3CCC(=O)NC3=O)C4=O)CC2)ccc1C(F)(F)F. The van der Waals surface area contributed by atoms with Gasteiger partial charge in [-0.1, -0.05) is 6.07 Å². The lowest BCUT2D eigenvalue weighted by atomic mass is 9.87. The van der Waals surface area contributed by atoms with Gasteiger partial charge in [-0.25, -0.2) is 0 Å². The number of aromatic nitrogens is 1. The zero-order chi connectivity index (χ0) is 27.2. The van der Waals surface area contributed by atoms with Crippen LogP contribution in [0.15, 0.2) is 30.3 Å². The van der Waals surface area contributed by atoms with Gasteiger partial charge in [-0.15, -0.1) is 0 Å². The van der Waals surface area contributed by atoms with Gasteiger partial charge in [0.2, 0.25) is 11.8 Å². The number of rotatable bonds is 5. The van der Waals surface area contributed by atoms with Crippen molar-refractivity contribution in [2.24, 2.45) is 0 Å². The van der Waals surface area contributed by atoms with Crippen molar-refractivity contribution in [3.63, 3.8) is 0 Å². The van der Waals surface area contributed by atoms with Gasteiger partial charge >= 0.3 is 6.18 Å². The number of piperidine rings is 2. The summed E-state index contributed by atoms with van der Waals surface area (Å²) in [7, 11) is 1.20. The van der Waals surface area contributed by atoms with E-state index in [1.54, 1.807) is 12.1 Å². The predicted molar refractivity (Wildman–Crippen MR) is 127 cm³/mol. The van der Waals surface area contributed by atoms with Crippen LogP contribution in [0.5, 0.6) is 5.75 Å². The molecule has 1 unspecified atom stereocenters. The number of methoxy groups -OCH3 is 1. The van der Waals surface area contributed by atoms with Crippen molar-refractivity contribution in [1.82, 2.24) is 20.1 Å². The molecule has 38 heavy (non-hydrogen) atoms. The molecular weight excluding hydrogens is 505 g/mol.